The fraction of sp³-hybridized carbons (Fsp3) is 0.238. The van der Waals surface area contributed by atoms with Crippen molar-refractivity contribution >= 4 is 23.4 Å². The van der Waals surface area contributed by atoms with Crippen LogP contribution in [-0.4, -0.2) is 42.9 Å². The third kappa shape index (κ3) is 4.26. The summed E-state index contributed by atoms with van der Waals surface area (Å²) in [5.74, 6) is -0.858. The fourth-order valence-corrected chi connectivity index (χ4v) is 3.31. The molecular formula is C21H21N3O8. The van der Waals surface area contributed by atoms with Crippen LogP contribution in [0.2, 0.25) is 0 Å². The van der Waals surface area contributed by atoms with Gasteiger partial charge >= 0.3 is 12.0 Å². The molecule has 32 heavy (non-hydrogen) atoms. The Labute approximate surface area is 182 Å². The van der Waals surface area contributed by atoms with Gasteiger partial charge in [-0.05, 0) is 36.8 Å². The molecule has 0 spiro atoms. The van der Waals surface area contributed by atoms with E-state index in [4.69, 9.17) is 14.2 Å². The van der Waals surface area contributed by atoms with Crippen LogP contribution < -0.4 is 20.1 Å². The Morgan fingerprint density at radius 2 is 1.88 bits per heavy atom. The number of non-ortho nitro benzene ring substituents is 1. The smallest absolute Gasteiger partial charge is 0.338 e. The summed E-state index contributed by atoms with van der Waals surface area (Å²) in [6.07, 6.45) is 0. The summed E-state index contributed by atoms with van der Waals surface area (Å²) in [4.78, 5) is 36.1. The predicted molar refractivity (Wildman–Crippen MR) is 112 cm³/mol. The minimum Gasteiger partial charge on any atom is -0.504 e. The van der Waals surface area contributed by atoms with Crippen molar-refractivity contribution in [2.75, 3.05) is 20.8 Å². The van der Waals surface area contributed by atoms with Crippen molar-refractivity contribution < 1.29 is 33.8 Å². The van der Waals surface area contributed by atoms with Crippen molar-refractivity contribution in [2.24, 2.45) is 0 Å². The maximum absolute atomic E-state index is 12.9. The summed E-state index contributed by atoms with van der Waals surface area (Å²) in [6.45, 7) is 1.66. The van der Waals surface area contributed by atoms with Crippen LogP contribution >= 0.6 is 0 Å². The lowest BCUT2D eigenvalue weighted by atomic mass is 9.91. The van der Waals surface area contributed by atoms with Gasteiger partial charge in [0.15, 0.2) is 11.5 Å². The fourth-order valence-electron chi connectivity index (χ4n) is 3.31. The number of carbonyl (C=O) groups is 2. The number of nitrogens with zero attached hydrogens (tertiary/aromatic N) is 1. The molecule has 0 aromatic heterocycles. The Morgan fingerprint density at radius 3 is 2.44 bits per heavy atom. The van der Waals surface area contributed by atoms with Gasteiger partial charge in [-0.1, -0.05) is 0 Å². The topological polar surface area (TPSA) is 149 Å². The molecule has 0 saturated heterocycles. The standard InChI is InChI=1S/C21H21N3O8/c1-4-32-20(26)16-17(11-5-7-13(30-2)8-6-11)22-21(27)23-18(16)14-9-12(24(28)29)10-15(31-3)19(14)25/h5-10,18,25H,4H2,1-3H3,(H2,22,23,27). The molecule has 1 atom stereocenters. The third-order valence-corrected chi connectivity index (χ3v) is 4.78. The molecule has 1 aliphatic heterocycles. The number of hydrogen-bond donors (Lipinski definition) is 3. The Morgan fingerprint density at radius 1 is 1.19 bits per heavy atom. The van der Waals surface area contributed by atoms with E-state index in [1.165, 1.54) is 14.2 Å². The number of urea groups is 1. The summed E-state index contributed by atoms with van der Waals surface area (Å²) < 4.78 is 15.4. The zero-order chi connectivity index (χ0) is 23.4. The molecule has 1 aliphatic rings. The van der Waals surface area contributed by atoms with E-state index in [0.717, 1.165) is 12.1 Å². The first kappa shape index (κ1) is 22.4. The Bertz CT molecular complexity index is 1090. The molecule has 1 heterocycles. The summed E-state index contributed by atoms with van der Waals surface area (Å²) >= 11 is 0. The number of nitro groups is 1. The number of benzene rings is 2. The molecule has 2 amide bonds. The van der Waals surface area contributed by atoms with E-state index in [1.54, 1.807) is 31.2 Å². The van der Waals surface area contributed by atoms with Crippen molar-refractivity contribution in [3.8, 4) is 17.2 Å². The lowest BCUT2D eigenvalue weighted by Gasteiger charge is -2.30. The van der Waals surface area contributed by atoms with Gasteiger partial charge in [0.05, 0.1) is 49.1 Å². The van der Waals surface area contributed by atoms with Crippen molar-refractivity contribution in [1.82, 2.24) is 10.6 Å². The number of hydrogen-bond acceptors (Lipinski definition) is 8. The van der Waals surface area contributed by atoms with Crippen LogP contribution in [0.5, 0.6) is 17.2 Å². The number of nitro benzene ring substituents is 1. The molecule has 168 valence electrons. The molecule has 11 nitrogen and oxygen atoms in total. The number of rotatable bonds is 7. The number of carbonyl (C=O) groups excluding carboxylic acids is 2. The number of ether oxygens (including phenoxy) is 3. The Kier molecular flexibility index (Phi) is 6.47. The summed E-state index contributed by atoms with van der Waals surface area (Å²) in [7, 11) is 2.73. The first-order chi connectivity index (χ1) is 15.3. The minimum absolute atomic E-state index is 0.0448. The zero-order valence-corrected chi connectivity index (χ0v) is 17.5. The molecule has 3 N–H and O–H groups in total. The average Bonchev–Trinajstić information content (AvgIpc) is 2.78. The first-order valence-electron chi connectivity index (χ1n) is 9.49. The highest BCUT2D eigenvalue weighted by molar-refractivity contribution is 6.04. The molecule has 0 fully saturated rings. The zero-order valence-electron chi connectivity index (χ0n) is 17.5. The Hall–Kier alpha value is -4.28. The second-order valence-electron chi connectivity index (χ2n) is 6.61. The monoisotopic (exact) mass is 443 g/mol. The van der Waals surface area contributed by atoms with Gasteiger partial charge in [-0.3, -0.25) is 10.1 Å². The summed E-state index contributed by atoms with van der Waals surface area (Å²) in [5, 5.41) is 27.2. The number of nitrogens with one attached hydrogen (secondary N) is 2. The van der Waals surface area contributed by atoms with E-state index >= 15 is 0 Å². The van der Waals surface area contributed by atoms with Gasteiger partial charge in [-0.2, -0.15) is 0 Å². The molecule has 2 aromatic rings. The second kappa shape index (κ2) is 9.25. The minimum atomic E-state index is -1.26. The molecule has 3 rings (SSSR count). The summed E-state index contributed by atoms with van der Waals surface area (Å²) in [5.41, 5.74) is 0.0568. The molecule has 2 aromatic carbocycles. The number of aromatic hydroxyl groups is 1. The van der Waals surface area contributed by atoms with Gasteiger partial charge in [0.1, 0.15) is 5.75 Å². The highest BCUT2D eigenvalue weighted by Crippen LogP contribution is 2.42. The van der Waals surface area contributed by atoms with Crippen LogP contribution in [0.15, 0.2) is 42.0 Å². The predicted octanol–water partition coefficient (Wildman–Crippen LogP) is 2.65. The number of esters is 1. The highest BCUT2D eigenvalue weighted by atomic mass is 16.6. The van der Waals surface area contributed by atoms with Gasteiger partial charge < -0.3 is 30.0 Å². The lowest BCUT2D eigenvalue weighted by Crippen LogP contribution is -2.45. The number of phenolic OH excluding ortho intramolecular Hbond substituents is 1. The molecule has 11 heteroatoms. The summed E-state index contributed by atoms with van der Waals surface area (Å²) in [6, 6.07) is 6.71. The van der Waals surface area contributed by atoms with Gasteiger partial charge in [-0.15, -0.1) is 0 Å². The molecule has 0 aliphatic carbocycles. The van der Waals surface area contributed by atoms with Gasteiger partial charge in [0.2, 0.25) is 0 Å². The van der Waals surface area contributed by atoms with E-state index in [2.05, 4.69) is 10.6 Å². The van der Waals surface area contributed by atoms with Gasteiger partial charge in [-0.25, -0.2) is 9.59 Å². The average molecular weight is 443 g/mol. The van der Waals surface area contributed by atoms with Crippen molar-refractivity contribution in [3.05, 3.63) is 63.2 Å². The van der Waals surface area contributed by atoms with Crippen LogP contribution in [0.4, 0.5) is 10.5 Å². The normalized spacial score (nSPS) is 15.5. The number of amides is 2. The highest BCUT2D eigenvalue weighted by Gasteiger charge is 2.37. The Balaban J connectivity index is 2.27. The van der Waals surface area contributed by atoms with E-state index in [-0.39, 0.29) is 29.2 Å². The largest absolute Gasteiger partial charge is 0.504 e. The second-order valence-corrected chi connectivity index (χ2v) is 6.61. The van der Waals surface area contributed by atoms with Crippen LogP contribution in [-0.2, 0) is 9.53 Å². The van der Waals surface area contributed by atoms with Crippen molar-refractivity contribution in [1.29, 1.82) is 0 Å². The first-order valence-corrected chi connectivity index (χ1v) is 9.49. The van der Waals surface area contributed by atoms with Crippen molar-refractivity contribution in [3.63, 3.8) is 0 Å². The van der Waals surface area contributed by atoms with Gasteiger partial charge in [0.25, 0.3) is 5.69 Å². The van der Waals surface area contributed by atoms with Crippen LogP contribution in [0, 0.1) is 10.1 Å². The maximum Gasteiger partial charge on any atom is 0.338 e. The maximum atomic E-state index is 12.9. The van der Waals surface area contributed by atoms with E-state index in [1.807, 2.05) is 0 Å². The van der Waals surface area contributed by atoms with Crippen LogP contribution in [0.1, 0.15) is 24.1 Å². The van der Waals surface area contributed by atoms with Crippen molar-refractivity contribution in [2.45, 2.75) is 13.0 Å². The van der Waals surface area contributed by atoms with E-state index in [0.29, 0.717) is 11.3 Å². The lowest BCUT2D eigenvalue weighted by molar-refractivity contribution is -0.385. The number of phenols is 1. The molecular weight excluding hydrogens is 422 g/mol. The molecule has 0 bridgehead atoms. The van der Waals surface area contributed by atoms with Crippen LogP contribution in [0.25, 0.3) is 5.70 Å². The number of methoxy groups -OCH3 is 2. The van der Waals surface area contributed by atoms with E-state index < -0.39 is 34.4 Å². The SMILES string of the molecule is CCOC(=O)C1=C(c2ccc(OC)cc2)NC(=O)NC1c1cc([N+](=O)[O-])cc(OC)c1O. The van der Waals surface area contributed by atoms with E-state index in [9.17, 15) is 24.8 Å². The van der Waals surface area contributed by atoms with Gasteiger partial charge in [0, 0.05) is 11.6 Å². The third-order valence-electron chi connectivity index (χ3n) is 4.78. The molecule has 0 saturated carbocycles. The quantitative estimate of drug-likeness (QED) is 0.336. The molecule has 0 radical (unpaired) electrons. The molecule has 1 unspecified atom stereocenters. The van der Waals surface area contributed by atoms with Crippen LogP contribution in [0.3, 0.4) is 0 Å².